The molecule has 0 aromatic heterocycles. The molecule has 0 aliphatic rings. The Bertz CT molecular complexity index is 231. The fourth-order valence-corrected chi connectivity index (χ4v) is 2.10. The molecule has 0 N–H and O–H groups in total. The number of unbranched alkanes of at least 4 members (excludes halogenated alkanes) is 10. The van der Waals surface area contributed by atoms with Gasteiger partial charge >= 0.3 is 45.5 Å². The molecule has 23 heavy (non-hydrogen) atoms. The van der Waals surface area contributed by atoms with Crippen molar-refractivity contribution in [3.8, 4) is 0 Å². The third-order valence-electron chi connectivity index (χ3n) is 3.47. The van der Waals surface area contributed by atoms with Crippen molar-refractivity contribution in [2.75, 3.05) is 0 Å². The van der Waals surface area contributed by atoms with Crippen LogP contribution in [0.3, 0.4) is 0 Å². The van der Waals surface area contributed by atoms with E-state index in [1.165, 1.54) is 51.4 Å². The molecule has 0 unspecified atom stereocenters. The van der Waals surface area contributed by atoms with Gasteiger partial charge in [-0.15, -0.1) is 0 Å². The fourth-order valence-electron chi connectivity index (χ4n) is 2.10. The summed E-state index contributed by atoms with van der Waals surface area (Å²) in [6, 6.07) is 0. The molecule has 0 amide bonds. The first-order valence-electron chi connectivity index (χ1n) is 8.94. The van der Waals surface area contributed by atoms with E-state index in [1.807, 2.05) is 0 Å². The average Bonchev–Trinajstić information content (AvgIpc) is 2.46. The first-order valence-corrected chi connectivity index (χ1v) is 8.94. The Kier molecular flexibility index (Phi) is 30.3. The standard InChI is InChI=1S/2C9H18O2.Sr/c2*1-2-3-4-5-6-7-8-9(10)11;/h2*2-8H2,1H3,(H,10,11);/q;;+2/p-2. The minimum atomic E-state index is -0.916. The average molecular weight is 402 g/mol. The summed E-state index contributed by atoms with van der Waals surface area (Å²) in [4.78, 5) is 20.0. The van der Waals surface area contributed by atoms with Gasteiger partial charge in [0.1, 0.15) is 0 Å². The fraction of sp³-hybridized carbons (Fsp3) is 0.889. The van der Waals surface area contributed by atoms with Gasteiger partial charge in [-0.05, 0) is 25.7 Å². The zero-order chi connectivity index (χ0) is 17.1. The van der Waals surface area contributed by atoms with E-state index in [0.717, 1.165) is 25.7 Å². The Labute approximate surface area is 179 Å². The summed E-state index contributed by atoms with van der Waals surface area (Å²) in [6.07, 6.45) is 13.9. The predicted octanol–water partition coefficient (Wildman–Crippen LogP) is 2.59. The minimum Gasteiger partial charge on any atom is -0.550 e. The van der Waals surface area contributed by atoms with Crippen LogP contribution in [0.2, 0.25) is 0 Å². The Morgan fingerprint density at radius 2 is 0.826 bits per heavy atom. The second-order valence-corrected chi connectivity index (χ2v) is 5.78. The van der Waals surface area contributed by atoms with Crippen LogP contribution in [-0.4, -0.2) is 57.4 Å². The third kappa shape index (κ3) is 34.7. The van der Waals surface area contributed by atoms with Crippen molar-refractivity contribution in [3.63, 3.8) is 0 Å². The van der Waals surface area contributed by atoms with Gasteiger partial charge in [0.2, 0.25) is 0 Å². The molecule has 0 heterocycles. The maximum Gasteiger partial charge on any atom is 2.00 e. The quantitative estimate of drug-likeness (QED) is 0.331. The molecule has 0 fully saturated rings. The first-order chi connectivity index (χ1) is 10.5. The number of aliphatic carboxylic acids is 2. The van der Waals surface area contributed by atoms with E-state index in [9.17, 15) is 19.8 Å². The maximum atomic E-state index is 9.98. The third-order valence-corrected chi connectivity index (χ3v) is 3.47. The minimum absolute atomic E-state index is 0. The molecule has 4 nitrogen and oxygen atoms in total. The molecule has 0 aliphatic heterocycles. The van der Waals surface area contributed by atoms with Gasteiger partial charge in [0.15, 0.2) is 0 Å². The van der Waals surface area contributed by atoms with Crippen LogP contribution in [0.15, 0.2) is 0 Å². The number of hydrogen-bond donors (Lipinski definition) is 0. The van der Waals surface area contributed by atoms with Crippen LogP contribution < -0.4 is 10.2 Å². The van der Waals surface area contributed by atoms with Crippen LogP contribution in [0, 0.1) is 0 Å². The molecule has 0 aromatic carbocycles. The molecule has 132 valence electrons. The van der Waals surface area contributed by atoms with Crippen molar-refractivity contribution in [1.29, 1.82) is 0 Å². The van der Waals surface area contributed by atoms with Gasteiger partial charge in [-0.1, -0.05) is 78.1 Å². The summed E-state index contributed by atoms with van der Waals surface area (Å²) in [7, 11) is 0. The molecule has 0 aliphatic carbocycles. The smallest absolute Gasteiger partial charge is 0.550 e. The predicted molar refractivity (Wildman–Crippen MR) is 91.8 cm³/mol. The molecule has 0 spiro atoms. The van der Waals surface area contributed by atoms with Crippen molar-refractivity contribution >= 4 is 57.4 Å². The van der Waals surface area contributed by atoms with Crippen LogP contribution in [-0.2, 0) is 9.59 Å². The molecule has 0 atom stereocenters. The van der Waals surface area contributed by atoms with Crippen molar-refractivity contribution in [3.05, 3.63) is 0 Å². The van der Waals surface area contributed by atoms with Crippen LogP contribution in [0.5, 0.6) is 0 Å². The number of rotatable bonds is 14. The summed E-state index contributed by atoms with van der Waals surface area (Å²) in [6.45, 7) is 4.34. The number of carbonyl (C=O) groups is 2. The molecular formula is C18H34O4Sr. The van der Waals surface area contributed by atoms with E-state index < -0.39 is 11.9 Å². The topological polar surface area (TPSA) is 80.3 Å². The number of carboxylic acid groups (broad SMARTS) is 2. The maximum absolute atomic E-state index is 9.98. The largest absolute Gasteiger partial charge is 2.00 e. The Balaban J connectivity index is -0.000000333. The second-order valence-electron chi connectivity index (χ2n) is 5.78. The van der Waals surface area contributed by atoms with Crippen LogP contribution in [0.1, 0.15) is 104 Å². The second kappa shape index (κ2) is 24.7. The van der Waals surface area contributed by atoms with Gasteiger partial charge < -0.3 is 19.8 Å². The van der Waals surface area contributed by atoms with E-state index in [4.69, 9.17) is 0 Å². The Morgan fingerprint density at radius 1 is 0.565 bits per heavy atom. The van der Waals surface area contributed by atoms with E-state index in [0.29, 0.717) is 0 Å². The van der Waals surface area contributed by atoms with Crippen LogP contribution in [0.4, 0.5) is 0 Å². The molecule has 5 heteroatoms. The Hall–Kier alpha value is 0.421. The number of carbonyl (C=O) groups excluding carboxylic acids is 2. The summed E-state index contributed by atoms with van der Waals surface area (Å²) in [5.74, 6) is -1.83. The van der Waals surface area contributed by atoms with Gasteiger partial charge in [0, 0.05) is 11.9 Å². The van der Waals surface area contributed by atoms with Crippen molar-refractivity contribution in [2.45, 2.75) is 104 Å². The van der Waals surface area contributed by atoms with Gasteiger partial charge in [0.05, 0.1) is 0 Å². The molecule has 0 radical (unpaired) electrons. The van der Waals surface area contributed by atoms with E-state index >= 15 is 0 Å². The summed E-state index contributed by atoms with van der Waals surface area (Å²) >= 11 is 0. The number of hydrogen-bond acceptors (Lipinski definition) is 4. The molecular weight excluding hydrogens is 368 g/mol. The summed E-state index contributed by atoms with van der Waals surface area (Å²) < 4.78 is 0. The van der Waals surface area contributed by atoms with Gasteiger partial charge in [-0.3, -0.25) is 0 Å². The molecule has 0 aromatic rings. The van der Waals surface area contributed by atoms with Gasteiger partial charge in [-0.25, -0.2) is 0 Å². The molecule has 0 saturated carbocycles. The molecule has 0 bridgehead atoms. The van der Waals surface area contributed by atoms with Crippen molar-refractivity contribution < 1.29 is 19.8 Å². The van der Waals surface area contributed by atoms with Crippen molar-refractivity contribution in [2.24, 2.45) is 0 Å². The zero-order valence-electron chi connectivity index (χ0n) is 15.2. The van der Waals surface area contributed by atoms with Crippen molar-refractivity contribution in [1.82, 2.24) is 0 Å². The monoisotopic (exact) mass is 402 g/mol. The van der Waals surface area contributed by atoms with Gasteiger partial charge in [0.25, 0.3) is 0 Å². The first kappa shape index (κ1) is 28.2. The zero-order valence-corrected chi connectivity index (χ0v) is 18.7. The summed E-state index contributed by atoms with van der Waals surface area (Å²) in [5.41, 5.74) is 0. The van der Waals surface area contributed by atoms with E-state index in [-0.39, 0.29) is 58.3 Å². The SMILES string of the molecule is CCCCCCCCC(=O)[O-].CCCCCCCCC(=O)[O-].[Sr+2]. The van der Waals surface area contributed by atoms with E-state index in [2.05, 4.69) is 13.8 Å². The van der Waals surface area contributed by atoms with Gasteiger partial charge in [-0.2, -0.15) is 0 Å². The normalized spacial score (nSPS) is 9.48. The van der Waals surface area contributed by atoms with Crippen LogP contribution in [0.25, 0.3) is 0 Å². The van der Waals surface area contributed by atoms with E-state index in [1.54, 1.807) is 0 Å². The molecule has 0 rings (SSSR count). The number of carboxylic acids is 2. The summed E-state index contributed by atoms with van der Waals surface area (Å²) in [5, 5.41) is 20.0. The van der Waals surface area contributed by atoms with Crippen LogP contribution >= 0.6 is 0 Å². The molecule has 0 saturated heterocycles. The Morgan fingerprint density at radius 3 is 1.09 bits per heavy atom.